The second-order valence-electron chi connectivity index (χ2n) is 6.13. The summed E-state index contributed by atoms with van der Waals surface area (Å²) in [5, 5.41) is 5.55. The lowest BCUT2D eigenvalue weighted by Gasteiger charge is -2.12. The van der Waals surface area contributed by atoms with Crippen LogP contribution >= 0.6 is 11.6 Å². The average Bonchev–Trinajstić information content (AvgIpc) is 3.23. The van der Waals surface area contributed by atoms with Gasteiger partial charge in [0, 0.05) is 50.1 Å². The Kier molecular flexibility index (Phi) is 5.01. The molecule has 4 nitrogen and oxygen atoms in total. The lowest BCUT2D eigenvalue weighted by molar-refractivity contribution is 0.191. The minimum Gasteiger partial charge on any atom is -0.385 e. The zero-order valence-electron chi connectivity index (χ0n) is 13.3. The van der Waals surface area contributed by atoms with Gasteiger partial charge in [0.25, 0.3) is 0 Å². The van der Waals surface area contributed by atoms with Crippen LogP contribution in [0.5, 0.6) is 0 Å². The molecule has 1 fully saturated rings. The summed E-state index contributed by atoms with van der Waals surface area (Å²) in [6.07, 6.45) is 8.71. The van der Waals surface area contributed by atoms with Gasteiger partial charge < -0.3 is 14.6 Å². The van der Waals surface area contributed by atoms with E-state index in [2.05, 4.69) is 28.0 Å². The van der Waals surface area contributed by atoms with Crippen molar-refractivity contribution < 1.29 is 4.74 Å². The van der Waals surface area contributed by atoms with Crippen molar-refractivity contribution in [1.82, 2.24) is 14.9 Å². The van der Waals surface area contributed by atoms with E-state index in [0.29, 0.717) is 12.1 Å². The molecule has 3 rings (SSSR count). The monoisotopic (exact) mass is 321 g/mol. The van der Waals surface area contributed by atoms with Gasteiger partial charge in [0.05, 0.1) is 5.02 Å². The molecule has 2 aromatic rings. The number of halogens is 1. The molecule has 1 aliphatic carbocycles. The molecule has 0 amide bonds. The third-order valence-corrected chi connectivity index (χ3v) is 4.58. The Hall–Kier alpha value is -1.10. The molecular weight excluding hydrogens is 298 g/mol. The summed E-state index contributed by atoms with van der Waals surface area (Å²) in [6, 6.07) is 2.86. The van der Waals surface area contributed by atoms with Gasteiger partial charge in [-0.1, -0.05) is 11.6 Å². The fourth-order valence-corrected chi connectivity index (χ4v) is 3.18. The Morgan fingerprint density at radius 3 is 3.00 bits per heavy atom. The number of methoxy groups -OCH3 is 1. The van der Waals surface area contributed by atoms with Gasteiger partial charge in [-0.25, -0.2) is 4.98 Å². The van der Waals surface area contributed by atoms with E-state index in [4.69, 9.17) is 16.3 Å². The van der Waals surface area contributed by atoms with Crippen LogP contribution in [0.1, 0.15) is 44.2 Å². The number of nitrogens with zero attached hydrogens (tertiary/aromatic N) is 2. The number of ether oxygens (including phenoxy) is 1. The second-order valence-corrected chi connectivity index (χ2v) is 6.54. The molecular formula is C17H24ClN3O. The van der Waals surface area contributed by atoms with Crippen molar-refractivity contribution in [2.75, 3.05) is 13.7 Å². The maximum atomic E-state index is 6.45. The summed E-state index contributed by atoms with van der Waals surface area (Å²) >= 11 is 6.45. The number of aryl methyl sites for hydroxylation is 1. The van der Waals surface area contributed by atoms with Crippen molar-refractivity contribution in [3.8, 4) is 0 Å². The SMILES string of the molecule is COCCCCn1cc(C(C)NC2CC2)c2c(Cl)ccnc21. The van der Waals surface area contributed by atoms with Crippen LogP contribution in [-0.4, -0.2) is 29.3 Å². The lowest BCUT2D eigenvalue weighted by Crippen LogP contribution is -2.20. The van der Waals surface area contributed by atoms with Gasteiger partial charge >= 0.3 is 0 Å². The average molecular weight is 322 g/mol. The number of hydrogen-bond donors (Lipinski definition) is 1. The Morgan fingerprint density at radius 2 is 2.27 bits per heavy atom. The topological polar surface area (TPSA) is 39.1 Å². The highest BCUT2D eigenvalue weighted by Gasteiger charge is 2.25. The smallest absolute Gasteiger partial charge is 0.141 e. The van der Waals surface area contributed by atoms with E-state index in [1.54, 1.807) is 13.3 Å². The first-order chi connectivity index (χ1) is 10.7. The van der Waals surface area contributed by atoms with E-state index >= 15 is 0 Å². The molecule has 2 aromatic heterocycles. The molecule has 1 saturated carbocycles. The lowest BCUT2D eigenvalue weighted by atomic mass is 10.1. The van der Waals surface area contributed by atoms with Crippen LogP contribution in [0.4, 0.5) is 0 Å². The van der Waals surface area contributed by atoms with Gasteiger partial charge in [-0.2, -0.15) is 0 Å². The van der Waals surface area contributed by atoms with Crippen LogP contribution in [0.15, 0.2) is 18.5 Å². The first-order valence-electron chi connectivity index (χ1n) is 8.09. The summed E-state index contributed by atoms with van der Waals surface area (Å²) in [7, 11) is 1.75. The zero-order chi connectivity index (χ0) is 15.5. The molecule has 2 heterocycles. The summed E-state index contributed by atoms with van der Waals surface area (Å²) in [6.45, 7) is 3.97. The molecule has 1 N–H and O–H groups in total. The molecule has 0 bridgehead atoms. The van der Waals surface area contributed by atoms with Gasteiger partial charge in [0.1, 0.15) is 5.65 Å². The number of unbranched alkanes of at least 4 members (excludes halogenated alkanes) is 1. The first-order valence-corrected chi connectivity index (χ1v) is 8.46. The van der Waals surface area contributed by atoms with E-state index in [9.17, 15) is 0 Å². The van der Waals surface area contributed by atoms with E-state index < -0.39 is 0 Å². The van der Waals surface area contributed by atoms with Crippen LogP contribution in [0.2, 0.25) is 5.02 Å². The third-order valence-electron chi connectivity index (χ3n) is 4.26. The summed E-state index contributed by atoms with van der Waals surface area (Å²) in [5.74, 6) is 0. The molecule has 120 valence electrons. The van der Waals surface area contributed by atoms with E-state index in [0.717, 1.165) is 42.0 Å². The van der Waals surface area contributed by atoms with E-state index in [1.807, 2.05) is 6.07 Å². The Labute approximate surface area is 136 Å². The van der Waals surface area contributed by atoms with Crippen LogP contribution in [0, 0.1) is 0 Å². The van der Waals surface area contributed by atoms with Crippen molar-refractivity contribution in [2.45, 2.75) is 51.2 Å². The third kappa shape index (κ3) is 3.45. The molecule has 1 atom stereocenters. The molecule has 0 aromatic carbocycles. The summed E-state index contributed by atoms with van der Waals surface area (Å²) in [5.41, 5.74) is 2.25. The number of aromatic nitrogens is 2. The normalized spacial score (nSPS) is 16.3. The maximum Gasteiger partial charge on any atom is 0.141 e. The van der Waals surface area contributed by atoms with Gasteiger partial charge in [-0.15, -0.1) is 0 Å². The van der Waals surface area contributed by atoms with Crippen molar-refractivity contribution in [1.29, 1.82) is 0 Å². The number of pyridine rings is 1. The van der Waals surface area contributed by atoms with Crippen LogP contribution in [0.25, 0.3) is 11.0 Å². The number of nitrogens with one attached hydrogen (secondary N) is 1. The van der Waals surface area contributed by atoms with Gasteiger partial charge in [-0.3, -0.25) is 0 Å². The standard InChI is InChI=1S/C17H24ClN3O/c1-12(20-13-5-6-13)14-11-21(9-3-4-10-22-2)17-16(14)15(18)7-8-19-17/h7-8,11-13,20H,3-6,9-10H2,1-2H3. The minimum absolute atomic E-state index is 0.303. The van der Waals surface area contributed by atoms with E-state index in [-0.39, 0.29) is 0 Å². The van der Waals surface area contributed by atoms with Gasteiger partial charge in [0.15, 0.2) is 0 Å². The molecule has 5 heteroatoms. The minimum atomic E-state index is 0.303. The summed E-state index contributed by atoms with van der Waals surface area (Å²) < 4.78 is 7.36. The Balaban J connectivity index is 1.86. The molecule has 1 unspecified atom stereocenters. The fourth-order valence-electron chi connectivity index (χ4n) is 2.93. The molecule has 1 aliphatic rings. The van der Waals surface area contributed by atoms with E-state index in [1.165, 1.54) is 18.4 Å². The van der Waals surface area contributed by atoms with Crippen LogP contribution < -0.4 is 5.32 Å². The Morgan fingerprint density at radius 1 is 1.45 bits per heavy atom. The fraction of sp³-hybridized carbons (Fsp3) is 0.588. The van der Waals surface area contributed by atoms with Crippen molar-refractivity contribution >= 4 is 22.6 Å². The molecule has 0 spiro atoms. The number of fused-ring (bicyclic) bond motifs is 1. The van der Waals surface area contributed by atoms with Crippen molar-refractivity contribution in [3.63, 3.8) is 0 Å². The van der Waals surface area contributed by atoms with Crippen molar-refractivity contribution in [3.05, 3.63) is 29.0 Å². The molecule has 22 heavy (non-hydrogen) atoms. The highest BCUT2D eigenvalue weighted by molar-refractivity contribution is 6.35. The highest BCUT2D eigenvalue weighted by Crippen LogP contribution is 2.33. The summed E-state index contributed by atoms with van der Waals surface area (Å²) in [4.78, 5) is 4.56. The first kappa shape index (κ1) is 15.8. The molecule has 0 saturated heterocycles. The predicted molar refractivity (Wildman–Crippen MR) is 90.4 cm³/mol. The largest absolute Gasteiger partial charge is 0.385 e. The van der Waals surface area contributed by atoms with Gasteiger partial charge in [0.2, 0.25) is 0 Å². The number of hydrogen-bond acceptors (Lipinski definition) is 3. The number of rotatable bonds is 8. The maximum absolute atomic E-state index is 6.45. The quantitative estimate of drug-likeness (QED) is 0.749. The van der Waals surface area contributed by atoms with Crippen molar-refractivity contribution in [2.24, 2.45) is 0 Å². The Bertz CT molecular complexity index is 636. The molecule has 0 aliphatic heterocycles. The second kappa shape index (κ2) is 6.99. The predicted octanol–water partition coefficient (Wildman–Crippen LogP) is 3.93. The highest BCUT2D eigenvalue weighted by atomic mass is 35.5. The molecule has 0 radical (unpaired) electrons. The van der Waals surface area contributed by atoms with Crippen LogP contribution in [0.3, 0.4) is 0 Å². The van der Waals surface area contributed by atoms with Crippen LogP contribution in [-0.2, 0) is 11.3 Å². The zero-order valence-corrected chi connectivity index (χ0v) is 14.1. The van der Waals surface area contributed by atoms with Gasteiger partial charge in [-0.05, 0) is 44.2 Å².